The molecule has 2 aliphatic carbocycles. The predicted octanol–water partition coefficient (Wildman–Crippen LogP) is 2.23. The van der Waals surface area contributed by atoms with E-state index in [9.17, 15) is 9.90 Å². The molecule has 0 aromatic heterocycles. The van der Waals surface area contributed by atoms with E-state index in [4.69, 9.17) is 4.74 Å². The van der Waals surface area contributed by atoms with Crippen molar-refractivity contribution in [3.05, 3.63) is 11.6 Å². The molecule has 1 heterocycles. The fraction of sp³-hybridized carbons (Fsp3) is 0.800. The first-order valence-electron chi connectivity index (χ1n) is 6.84. The standard InChI is InChI=1S/C15H22O3/c1-13(2)12-11(17)8-10(16)9-6-5-7-14(3,18-13)15(9,12)4/h6,11-12,17H,5,7-8H2,1-4H3/t11-,12+,14+,15+/m1/s1. The van der Waals surface area contributed by atoms with Crippen LogP contribution in [0.4, 0.5) is 0 Å². The molecule has 0 aromatic carbocycles. The molecule has 4 atom stereocenters. The summed E-state index contributed by atoms with van der Waals surface area (Å²) in [6, 6.07) is 0. The Balaban J connectivity index is 2.23. The van der Waals surface area contributed by atoms with Gasteiger partial charge in [0.05, 0.1) is 17.3 Å². The summed E-state index contributed by atoms with van der Waals surface area (Å²) in [6.07, 6.45) is 3.55. The summed E-state index contributed by atoms with van der Waals surface area (Å²) < 4.78 is 6.32. The van der Waals surface area contributed by atoms with Gasteiger partial charge in [-0.15, -0.1) is 0 Å². The predicted molar refractivity (Wildman–Crippen MR) is 68.1 cm³/mol. The molecule has 1 saturated carbocycles. The molecule has 3 heteroatoms. The van der Waals surface area contributed by atoms with Crippen LogP contribution in [0.5, 0.6) is 0 Å². The lowest BCUT2D eigenvalue weighted by atomic mass is 9.52. The molecule has 0 bridgehead atoms. The Kier molecular flexibility index (Phi) is 2.24. The average Bonchev–Trinajstić information content (AvgIpc) is 2.36. The van der Waals surface area contributed by atoms with Gasteiger partial charge in [-0.05, 0) is 33.6 Å². The van der Waals surface area contributed by atoms with E-state index >= 15 is 0 Å². The molecule has 0 spiro atoms. The number of ether oxygens (including phenoxy) is 1. The molecule has 3 nitrogen and oxygen atoms in total. The zero-order chi connectivity index (χ0) is 13.3. The highest BCUT2D eigenvalue weighted by atomic mass is 16.5. The van der Waals surface area contributed by atoms with E-state index in [0.717, 1.165) is 18.4 Å². The summed E-state index contributed by atoms with van der Waals surface area (Å²) >= 11 is 0. The second kappa shape index (κ2) is 3.26. The van der Waals surface area contributed by atoms with E-state index in [1.165, 1.54) is 0 Å². The van der Waals surface area contributed by atoms with Gasteiger partial charge >= 0.3 is 0 Å². The fourth-order valence-corrected chi connectivity index (χ4v) is 4.91. The Bertz CT molecular complexity index is 451. The topological polar surface area (TPSA) is 46.5 Å². The minimum atomic E-state index is -0.588. The molecule has 100 valence electrons. The first-order valence-corrected chi connectivity index (χ1v) is 6.84. The van der Waals surface area contributed by atoms with Gasteiger partial charge in [0, 0.05) is 23.3 Å². The van der Waals surface area contributed by atoms with Gasteiger partial charge < -0.3 is 9.84 Å². The van der Waals surface area contributed by atoms with Crippen molar-refractivity contribution in [3.63, 3.8) is 0 Å². The largest absolute Gasteiger partial charge is 0.392 e. The number of ketones is 1. The second-order valence-corrected chi connectivity index (χ2v) is 6.97. The van der Waals surface area contributed by atoms with Gasteiger partial charge in [0.2, 0.25) is 0 Å². The third-order valence-corrected chi connectivity index (χ3v) is 5.57. The van der Waals surface area contributed by atoms with E-state index in [-0.39, 0.29) is 34.7 Å². The molecule has 1 N–H and O–H groups in total. The normalized spacial score (nSPS) is 49.8. The Morgan fingerprint density at radius 2 is 2.00 bits per heavy atom. The molecule has 3 aliphatic rings. The number of Topliss-reactive ketones (excluding diaryl/α,β-unsaturated/α-hetero) is 1. The summed E-state index contributed by atoms with van der Waals surface area (Å²) in [5.41, 5.74) is -0.157. The molecule has 0 unspecified atom stereocenters. The highest BCUT2D eigenvalue weighted by molar-refractivity contribution is 5.98. The van der Waals surface area contributed by atoms with Crippen molar-refractivity contribution in [2.45, 2.75) is 64.3 Å². The van der Waals surface area contributed by atoms with Crippen molar-refractivity contribution in [2.75, 3.05) is 0 Å². The zero-order valence-electron chi connectivity index (χ0n) is 11.6. The molecule has 1 aliphatic heterocycles. The van der Waals surface area contributed by atoms with Crippen molar-refractivity contribution in [2.24, 2.45) is 11.3 Å². The Morgan fingerprint density at radius 1 is 1.33 bits per heavy atom. The first kappa shape index (κ1) is 12.4. The molecule has 3 rings (SSSR count). The molecular weight excluding hydrogens is 228 g/mol. The van der Waals surface area contributed by atoms with Crippen LogP contribution in [0, 0.1) is 11.3 Å². The summed E-state index contributed by atoms with van der Waals surface area (Å²) in [5, 5.41) is 10.4. The van der Waals surface area contributed by atoms with Crippen LogP contribution in [-0.4, -0.2) is 28.2 Å². The lowest BCUT2D eigenvalue weighted by molar-refractivity contribution is -0.126. The quantitative estimate of drug-likeness (QED) is 0.717. The molecule has 2 fully saturated rings. The smallest absolute Gasteiger partial charge is 0.161 e. The number of carbonyl (C=O) groups is 1. The monoisotopic (exact) mass is 250 g/mol. The van der Waals surface area contributed by atoms with Crippen molar-refractivity contribution in [3.8, 4) is 0 Å². The number of aliphatic hydroxyl groups is 1. The van der Waals surface area contributed by atoms with Crippen LogP contribution < -0.4 is 0 Å². The molecular formula is C15H22O3. The number of aliphatic hydroxyl groups excluding tert-OH is 1. The summed E-state index contributed by atoms with van der Waals surface area (Å²) in [6.45, 7) is 8.30. The van der Waals surface area contributed by atoms with Crippen molar-refractivity contribution in [1.29, 1.82) is 0 Å². The van der Waals surface area contributed by atoms with Crippen LogP contribution in [0.25, 0.3) is 0 Å². The minimum absolute atomic E-state index is 0.000694. The average molecular weight is 250 g/mol. The van der Waals surface area contributed by atoms with Gasteiger partial charge in [-0.25, -0.2) is 0 Å². The van der Waals surface area contributed by atoms with Crippen molar-refractivity contribution in [1.82, 2.24) is 0 Å². The third-order valence-electron chi connectivity index (χ3n) is 5.57. The van der Waals surface area contributed by atoms with Gasteiger partial charge in [0.25, 0.3) is 0 Å². The highest BCUT2D eigenvalue weighted by Crippen LogP contribution is 2.65. The van der Waals surface area contributed by atoms with Gasteiger partial charge in [0.1, 0.15) is 0 Å². The fourth-order valence-electron chi connectivity index (χ4n) is 4.91. The van der Waals surface area contributed by atoms with Crippen molar-refractivity contribution >= 4 is 5.78 Å². The molecule has 0 aromatic rings. The number of carbonyl (C=O) groups excluding carboxylic acids is 1. The van der Waals surface area contributed by atoms with Gasteiger partial charge in [-0.3, -0.25) is 4.79 Å². The van der Waals surface area contributed by atoms with E-state index in [1.54, 1.807) is 0 Å². The van der Waals surface area contributed by atoms with Crippen LogP contribution in [0.2, 0.25) is 0 Å². The third kappa shape index (κ3) is 1.19. The highest BCUT2D eigenvalue weighted by Gasteiger charge is 2.69. The summed E-state index contributed by atoms with van der Waals surface area (Å²) in [5.74, 6) is 0.104. The number of allylic oxidation sites excluding steroid dienone is 1. The maximum atomic E-state index is 12.2. The lowest BCUT2D eigenvalue weighted by Crippen LogP contribution is -2.55. The minimum Gasteiger partial charge on any atom is -0.392 e. The Labute approximate surface area is 108 Å². The second-order valence-electron chi connectivity index (χ2n) is 6.97. The SMILES string of the molecule is CC1(C)O[C@@]2(C)CCC=C3C(=O)C[C@@H](O)[C@@H]1[C@]32C. The van der Waals surface area contributed by atoms with Gasteiger partial charge in [0.15, 0.2) is 5.78 Å². The van der Waals surface area contributed by atoms with Gasteiger partial charge in [-0.1, -0.05) is 13.0 Å². The van der Waals surface area contributed by atoms with Crippen LogP contribution in [0.3, 0.4) is 0 Å². The van der Waals surface area contributed by atoms with Crippen LogP contribution in [0.15, 0.2) is 11.6 Å². The lowest BCUT2D eigenvalue weighted by Gasteiger charge is -2.50. The van der Waals surface area contributed by atoms with Crippen LogP contribution in [0.1, 0.15) is 47.0 Å². The van der Waals surface area contributed by atoms with Crippen LogP contribution in [-0.2, 0) is 9.53 Å². The first-order chi connectivity index (χ1) is 8.22. The number of rotatable bonds is 0. The van der Waals surface area contributed by atoms with Crippen LogP contribution >= 0.6 is 0 Å². The van der Waals surface area contributed by atoms with E-state index in [1.807, 2.05) is 13.8 Å². The molecule has 0 amide bonds. The van der Waals surface area contributed by atoms with E-state index < -0.39 is 6.10 Å². The summed E-state index contributed by atoms with van der Waals surface area (Å²) in [4.78, 5) is 12.2. The summed E-state index contributed by atoms with van der Waals surface area (Å²) in [7, 11) is 0. The maximum Gasteiger partial charge on any atom is 0.161 e. The molecule has 0 radical (unpaired) electrons. The van der Waals surface area contributed by atoms with Gasteiger partial charge in [-0.2, -0.15) is 0 Å². The maximum absolute atomic E-state index is 12.2. The zero-order valence-corrected chi connectivity index (χ0v) is 11.6. The van der Waals surface area contributed by atoms with Crippen molar-refractivity contribution < 1.29 is 14.6 Å². The molecule has 18 heavy (non-hydrogen) atoms. The Morgan fingerprint density at radius 3 is 2.67 bits per heavy atom. The van der Waals surface area contributed by atoms with E-state index in [0.29, 0.717) is 0 Å². The molecule has 1 saturated heterocycles. The Hall–Kier alpha value is -0.670. The van der Waals surface area contributed by atoms with E-state index in [2.05, 4.69) is 19.9 Å². The number of hydrogen-bond donors (Lipinski definition) is 1. The number of hydrogen-bond acceptors (Lipinski definition) is 3.